The van der Waals surface area contributed by atoms with Gasteiger partial charge in [-0.05, 0) is 48.1 Å². The fraction of sp³-hybridized carbons (Fsp3) is 0.267. The first kappa shape index (κ1) is 15.4. The number of rotatable bonds is 5. The molecular weight excluding hydrogens is 341 g/mol. The summed E-state index contributed by atoms with van der Waals surface area (Å²) in [7, 11) is 1.83. The van der Waals surface area contributed by atoms with Gasteiger partial charge in [0.05, 0.1) is 15.2 Å². The Labute approximate surface area is 130 Å². The number of likely N-dealkylation sites (N-methyl/N-ethyl adjacent to an activating group) is 1. The molecule has 0 aliphatic rings. The highest BCUT2D eigenvalue weighted by Crippen LogP contribution is 2.25. The molecule has 1 aromatic carbocycles. The predicted octanol–water partition coefficient (Wildman–Crippen LogP) is 4.53. The summed E-state index contributed by atoms with van der Waals surface area (Å²) < 4.78 is 14.7. The van der Waals surface area contributed by atoms with E-state index >= 15 is 0 Å². The molecule has 0 N–H and O–H groups in total. The monoisotopic (exact) mass is 355 g/mol. The average molecular weight is 356 g/mol. The standard InChI is InChI=1S/C15H15BrFNOS/c1-10(11-5-3-4-6-12(11)17)18(2)9-13(19)14-7-8-15(16)20-14/h3-8,10H,9H2,1-2H3. The van der Waals surface area contributed by atoms with E-state index in [9.17, 15) is 9.18 Å². The maximum absolute atomic E-state index is 13.7. The number of nitrogens with zero attached hydrogens (tertiary/aromatic N) is 1. The topological polar surface area (TPSA) is 20.3 Å². The quantitative estimate of drug-likeness (QED) is 0.734. The van der Waals surface area contributed by atoms with Crippen molar-refractivity contribution in [2.24, 2.45) is 0 Å². The van der Waals surface area contributed by atoms with Gasteiger partial charge in [-0.3, -0.25) is 9.69 Å². The molecule has 0 bridgehead atoms. The van der Waals surface area contributed by atoms with Crippen LogP contribution in [-0.2, 0) is 0 Å². The van der Waals surface area contributed by atoms with Crippen LogP contribution in [0.2, 0.25) is 0 Å². The second-order valence-corrected chi connectivity index (χ2v) is 7.10. The summed E-state index contributed by atoms with van der Waals surface area (Å²) in [5, 5.41) is 0. The van der Waals surface area contributed by atoms with Crippen molar-refractivity contribution in [2.45, 2.75) is 13.0 Å². The normalized spacial score (nSPS) is 12.7. The van der Waals surface area contributed by atoms with Gasteiger partial charge in [-0.25, -0.2) is 4.39 Å². The van der Waals surface area contributed by atoms with Crippen molar-refractivity contribution in [2.75, 3.05) is 13.6 Å². The number of carbonyl (C=O) groups excluding carboxylic acids is 1. The highest BCUT2D eigenvalue weighted by Gasteiger charge is 2.19. The SMILES string of the molecule is CC(c1ccccc1F)N(C)CC(=O)c1ccc(Br)s1. The number of hydrogen-bond donors (Lipinski definition) is 0. The molecule has 1 aromatic heterocycles. The average Bonchev–Trinajstić information content (AvgIpc) is 2.85. The van der Waals surface area contributed by atoms with E-state index in [4.69, 9.17) is 0 Å². The molecule has 0 saturated carbocycles. The van der Waals surface area contributed by atoms with Crippen molar-refractivity contribution < 1.29 is 9.18 Å². The Morgan fingerprint density at radius 3 is 2.65 bits per heavy atom. The third kappa shape index (κ3) is 3.53. The number of thiophene rings is 1. The van der Waals surface area contributed by atoms with Gasteiger partial charge >= 0.3 is 0 Å². The molecule has 2 aromatic rings. The lowest BCUT2D eigenvalue weighted by Gasteiger charge is -2.24. The van der Waals surface area contributed by atoms with Gasteiger partial charge in [0.15, 0.2) is 5.78 Å². The molecule has 1 atom stereocenters. The molecule has 0 aliphatic carbocycles. The van der Waals surface area contributed by atoms with E-state index in [1.807, 2.05) is 24.9 Å². The fourth-order valence-electron chi connectivity index (χ4n) is 1.96. The van der Waals surface area contributed by atoms with Crippen molar-refractivity contribution in [3.8, 4) is 0 Å². The van der Waals surface area contributed by atoms with Crippen LogP contribution in [0.4, 0.5) is 4.39 Å². The van der Waals surface area contributed by atoms with Crippen molar-refractivity contribution in [3.63, 3.8) is 0 Å². The Morgan fingerprint density at radius 1 is 1.35 bits per heavy atom. The molecule has 0 amide bonds. The minimum atomic E-state index is -0.238. The summed E-state index contributed by atoms with van der Waals surface area (Å²) in [6.07, 6.45) is 0. The van der Waals surface area contributed by atoms with Crippen LogP contribution in [0.3, 0.4) is 0 Å². The Balaban J connectivity index is 2.06. The predicted molar refractivity (Wildman–Crippen MR) is 83.8 cm³/mol. The molecule has 0 spiro atoms. The van der Waals surface area contributed by atoms with Crippen LogP contribution in [0.25, 0.3) is 0 Å². The van der Waals surface area contributed by atoms with E-state index in [1.165, 1.54) is 17.4 Å². The molecule has 0 fully saturated rings. The van der Waals surface area contributed by atoms with Gasteiger partial charge in [0, 0.05) is 11.6 Å². The van der Waals surface area contributed by atoms with Crippen LogP contribution < -0.4 is 0 Å². The van der Waals surface area contributed by atoms with Crippen LogP contribution in [0.5, 0.6) is 0 Å². The molecule has 1 unspecified atom stereocenters. The van der Waals surface area contributed by atoms with Gasteiger partial charge in [-0.15, -0.1) is 11.3 Å². The molecule has 2 rings (SSSR count). The molecule has 1 heterocycles. The lowest BCUT2D eigenvalue weighted by atomic mass is 10.1. The Kier molecular flexibility index (Phi) is 5.07. The zero-order valence-corrected chi connectivity index (χ0v) is 13.7. The van der Waals surface area contributed by atoms with Crippen molar-refractivity contribution in [1.82, 2.24) is 4.90 Å². The van der Waals surface area contributed by atoms with E-state index < -0.39 is 0 Å². The summed E-state index contributed by atoms with van der Waals surface area (Å²) in [4.78, 5) is 14.7. The molecule has 0 radical (unpaired) electrons. The first-order chi connectivity index (χ1) is 9.49. The van der Waals surface area contributed by atoms with Crippen molar-refractivity contribution in [3.05, 3.63) is 56.4 Å². The number of hydrogen-bond acceptors (Lipinski definition) is 3. The van der Waals surface area contributed by atoms with E-state index in [0.717, 1.165) is 3.79 Å². The molecule has 2 nitrogen and oxygen atoms in total. The second kappa shape index (κ2) is 6.61. The summed E-state index contributed by atoms with van der Waals surface area (Å²) in [6.45, 7) is 2.17. The molecule has 0 saturated heterocycles. The zero-order valence-electron chi connectivity index (χ0n) is 11.3. The second-order valence-electron chi connectivity index (χ2n) is 4.64. The number of Topliss-reactive ketones (excluding diaryl/α,β-unsaturated/α-hetero) is 1. The van der Waals surface area contributed by atoms with Crippen molar-refractivity contribution in [1.29, 1.82) is 0 Å². The van der Waals surface area contributed by atoms with Crippen LogP contribution in [0.1, 0.15) is 28.2 Å². The Bertz CT molecular complexity index is 613. The molecular formula is C15H15BrFNOS. The van der Waals surface area contributed by atoms with E-state index in [0.29, 0.717) is 10.4 Å². The van der Waals surface area contributed by atoms with Gasteiger partial charge < -0.3 is 0 Å². The highest BCUT2D eigenvalue weighted by atomic mass is 79.9. The van der Waals surface area contributed by atoms with Crippen LogP contribution in [0, 0.1) is 5.82 Å². The maximum atomic E-state index is 13.7. The number of ketones is 1. The highest BCUT2D eigenvalue weighted by molar-refractivity contribution is 9.11. The first-order valence-corrected chi connectivity index (χ1v) is 7.83. The minimum Gasteiger partial charge on any atom is -0.292 e. The largest absolute Gasteiger partial charge is 0.292 e. The molecule has 106 valence electrons. The van der Waals surface area contributed by atoms with Crippen molar-refractivity contribution >= 4 is 33.0 Å². The van der Waals surface area contributed by atoms with E-state index in [1.54, 1.807) is 24.3 Å². The summed E-state index contributed by atoms with van der Waals surface area (Å²) in [6, 6.07) is 10.2. The third-order valence-electron chi connectivity index (χ3n) is 3.26. The lowest BCUT2D eigenvalue weighted by molar-refractivity contribution is 0.0927. The van der Waals surface area contributed by atoms with Crippen LogP contribution in [0.15, 0.2) is 40.2 Å². The van der Waals surface area contributed by atoms with Gasteiger partial charge in [0.2, 0.25) is 0 Å². The summed E-state index contributed by atoms with van der Waals surface area (Å²) >= 11 is 4.76. The fourth-order valence-corrected chi connectivity index (χ4v) is 3.27. The Hall–Kier alpha value is -1.04. The molecule has 5 heteroatoms. The van der Waals surface area contributed by atoms with Gasteiger partial charge in [0.25, 0.3) is 0 Å². The third-order valence-corrected chi connectivity index (χ3v) is 4.92. The number of halogens is 2. The Morgan fingerprint density at radius 2 is 2.05 bits per heavy atom. The van der Waals surface area contributed by atoms with Crippen LogP contribution in [-0.4, -0.2) is 24.3 Å². The smallest absolute Gasteiger partial charge is 0.186 e. The first-order valence-electron chi connectivity index (χ1n) is 6.22. The molecule has 0 aliphatic heterocycles. The minimum absolute atomic E-state index is 0.0476. The summed E-state index contributed by atoms with van der Waals surface area (Å²) in [5.74, 6) is -0.190. The van der Waals surface area contributed by atoms with Gasteiger partial charge in [-0.2, -0.15) is 0 Å². The zero-order chi connectivity index (χ0) is 14.7. The number of carbonyl (C=O) groups is 1. The summed E-state index contributed by atoms with van der Waals surface area (Å²) in [5.41, 5.74) is 0.607. The maximum Gasteiger partial charge on any atom is 0.186 e. The molecule has 20 heavy (non-hydrogen) atoms. The number of benzene rings is 1. The van der Waals surface area contributed by atoms with Crippen LogP contribution >= 0.6 is 27.3 Å². The van der Waals surface area contributed by atoms with Gasteiger partial charge in [-0.1, -0.05) is 18.2 Å². The van der Waals surface area contributed by atoms with E-state index in [2.05, 4.69) is 15.9 Å². The lowest BCUT2D eigenvalue weighted by Crippen LogP contribution is -2.29. The van der Waals surface area contributed by atoms with E-state index in [-0.39, 0.29) is 24.2 Å². The van der Waals surface area contributed by atoms with Gasteiger partial charge in [0.1, 0.15) is 5.82 Å².